The molecule has 1 aromatic rings. The Morgan fingerprint density at radius 2 is 1.94 bits per heavy atom. The number of rotatable bonds is 3. The highest BCUT2D eigenvalue weighted by Gasteiger charge is 2.22. The molecule has 2 N–H and O–H groups in total. The molecule has 0 spiro atoms. The van der Waals surface area contributed by atoms with Gasteiger partial charge in [0.25, 0.3) is 0 Å². The van der Waals surface area contributed by atoms with E-state index in [2.05, 4.69) is 25.1 Å². The molecule has 17 heavy (non-hydrogen) atoms. The Morgan fingerprint density at radius 3 is 2.59 bits per heavy atom. The maximum Gasteiger partial charge on any atom is 0.122 e. The molecule has 1 aliphatic rings. The topological polar surface area (TPSA) is 35.2 Å². The van der Waals surface area contributed by atoms with Crippen LogP contribution >= 0.6 is 0 Å². The van der Waals surface area contributed by atoms with Crippen LogP contribution < -0.4 is 10.5 Å². The van der Waals surface area contributed by atoms with Crippen molar-refractivity contribution in [2.45, 2.75) is 45.1 Å². The van der Waals surface area contributed by atoms with E-state index in [-0.39, 0.29) is 6.04 Å². The molecule has 1 fully saturated rings. The first-order valence-electron chi connectivity index (χ1n) is 6.62. The lowest BCUT2D eigenvalue weighted by Gasteiger charge is -2.28. The lowest BCUT2D eigenvalue weighted by Crippen LogP contribution is -2.23. The van der Waals surface area contributed by atoms with Crippen LogP contribution in [0.15, 0.2) is 18.2 Å². The monoisotopic (exact) mass is 233 g/mol. The van der Waals surface area contributed by atoms with Gasteiger partial charge in [0.2, 0.25) is 0 Å². The molecule has 0 bridgehead atoms. The van der Waals surface area contributed by atoms with E-state index < -0.39 is 0 Å². The SMILES string of the molecule is COc1cc([C@@H](N)C2CCCCC2)ccc1C. The van der Waals surface area contributed by atoms with E-state index in [4.69, 9.17) is 10.5 Å². The molecule has 0 aromatic heterocycles. The molecular weight excluding hydrogens is 210 g/mol. The lowest BCUT2D eigenvalue weighted by molar-refractivity contribution is 0.307. The summed E-state index contributed by atoms with van der Waals surface area (Å²) >= 11 is 0. The third-order valence-electron chi connectivity index (χ3n) is 3.97. The van der Waals surface area contributed by atoms with Crippen molar-refractivity contribution in [1.29, 1.82) is 0 Å². The van der Waals surface area contributed by atoms with Gasteiger partial charge in [0.15, 0.2) is 0 Å². The van der Waals surface area contributed by atoms with Crippen molar-refractivity contribution in [2.24, 2.45) is 11.7 Å². The predicted molar refractivity (Wildman–Crippen MR) is 71.2 cm³/mol. The van der Waals surface area contributed by atoms with Gasteiger partial charge in [0.1, 0.15) is 5.75 Å². The summed E-state index contributed by atoms with van der Waals surface area (Å²) in [6.07, 6.45) is 6.60. The Hall–Kier alpha value is -1.02. The number of hydrogen-bond donors (Lipinski definition) is 1. The zero-order valence-electron chi connectivity index (χ0n) is 10.9. The quantitative estimate of drug-likeness (QED) is 0.866. The number of methoxy groups -OCH3 is 1. The summed E-state index contributed by atoms with van der Waals surface area (Å²) in [6, 6.07) is 6.53. The summed E-state index contributed by atoms with van der Waals surface area (Å²) < 4.78 is 5.37. The maximum absolute atomic E-state index is 6.39. The van der Waals surface area contributed by atoms with Crippen LogP contribution in [-0.4, -0.2) is 7.11 Å². The van der Waals surface area contributed by atoms with Crippen LogP contribution in [0.25, 0.3) is 0 Å². The molecule has 94 valence electrons. The van der Waals surface area contributed by atoms with Gasteiger partial charge in [-0.05, 0) is 42.9 Å². The van der Waals surface area contributed by atoms with E-state index in [1.54, 1.807) is 7.11 Å². The largest absolute Gasteiger partial charge is 0.496 e. The van der Waals surface area contributed by atoms with Gasteiger partial charge >= 0.3 is 0 Å². The van der Waals surface area contributed by atoms with Crippen molar-refractivity contribution < 1.29 is 4.74 Å². The summed E-state index contributed by atoms with van der Waals surface area (Å²) in [6.45, 7) is 2.06. The standard InChI is InChI=1S/C15H23NO/c1-11-8-9-13(10-14(11)17-2)15(16)12-6-4-3-5-7-12/h8-10,12,15H,3-7,16H2,1-2H3/t15-/m0/s1. The molecule has 0 heterocycles. The van der Waals surface area contributed by atoms with Gasteiger partial charge in [-0.1, -0.05) is 31.4 Å². The zero-order chi connectivity index (χ0) is 12.3. The summed E-state index contributed by atoms with van der Waals surface area (Å²) in [4.78, 5) is 0. The van der Waals surface area contributed by atoms with Crippen LogP contribution in [0.3, 0.4) is 0 Å². The first-order valence-corrected chi connectivity index (χ1v) is 6.62. The first-order chi connectivity index (χ1) is 8.22. The maximum atomic E-state index is 6.39. The van der Waals surface area contributed by atoms with Crippen LogP contribution in [0.4, 0.5) is 0 Å². The Balaban J connectivity index is 2.15. The van der Waals surface area contributed by atoms with Crippen molar-refractivity contribution >= 4 is 0 Å². The number of benzene rings is 1. The average Bonchev–Trinajstić information content (AvgIpc) is 2.39. The van der Waals surface area contributed by atoms with E-state index in [0.717, 1.165) is 5.75 Å². The number of hydrogen-bond acceptors (Lipinski definition) is 2. The Labute approximate surface area is 104 Å². The smallest absolute Gasteiger partial charge is 0.122 e. The molecule has 1 aliphatic carbocycles. The summed E-state index contributed by atoms with van der Waals surface area (Å²) in [7, 11) is 1.72. The number of nitrogens with two attached hydrogens (primary N) is 1. The van der Waals surface area contributed by atoms with Gasteiger partial charge in [-0.25, -0.2) is 0 Å². The van der Waals surface area contributed by atoms with E-state index in [0.29, 0.717) is 5.92 Å². The zero-order valence-corrected chi connectivity index (χ0v) is 10.9. The van der Waals surface area contributed by atoms with E-state index in [1.165, 1.54) is 43.2 Å². The van der Waals surface area contributed by atoms with Crippen molar-refractivity contribution in [3.63, 3.8) is 0 Å². The molecule has 0 unspecified atom stereocenters. The number of ether oxygens (including phenoxy) is 1. The van der Waals surface area contributed by atoms with Crippen molar-refractivity contribution in [3.8, 4) is 5.75 Å². The highest BCUT2D eigenvalue weighted by atomic mass is 16.5. The molecule has 1 atom stereocenters. The second kappa shape index (κ2) is 5.54. The van der Waals surface area contributed by atoms with Gasteiger partial charge in [-0.3, -0.25) is 0 Å². The van der Waals surface area contributed by atoms with Crippen LogP contribution in [0.1, 0.15) is 49.3 Å². The normalized spacial score (nSPS) is 19.0. The minimum Gasteiger partial charge on any atom is -0.496 e. The van der Waals surface area contributed by atoms with E-state index >= 15 is 0 Å². The summed E-state index contributed by atoms with van der Waals surface area (Å²) in [5, 5.41) is 0. The third kappa shape index (κ3) is 2.81. The molecule has 0 radical (unpaired) electrons. The minimum atomic E-state index is 0.171. The second-order valence-electron chi connectivity index (χ2n) is 5.15. The van der Waals surface area contributed by atoms with Crippen LogP contribution in [0.5, 0.6) is 5.75 Å². The van der Waals surface area contributed by atoms with Gasteiger partial charge in [-0.15, -0.1) is 0 Å². The van der Waals surface area contributed by atoms with Crippen LogP contribution in [0, 0.1) is 12.8 Å². The first kappa shape index (κ1) is 12.4. The molecular formula is C15H23NO. The van der Waals surface area contributed by atoms with E-state index in [9.17, 15) is 0 Å². The highest BCUT2D eigenvalue weighted by molar-refractivity contribution is 5.37. The van der Waals surface area contributed by atoms with Crippen molar-refractivity contribution in [1.82, 2.24) is 0 Å². The van der Waals surface area contributed by atoms with Crippen molar-refractivity contribution in [2.75, 3.05) is 7.11 Å². The fourth-order valence-corrected chi connectivity index (χ4v) is 2.81. The predicted octanol–water partition coefficient (Wildman–Crippen LogP) is 3.58. The summed E-state index contributed by atoms with van der Waals surface area (Å²) in [5.74, 6) is 1.60. The average molecular weight is 233 g/mol. The Kier molecular flexibility index (Phi) is 4.06. The molecule has 1 saturated carbocycles. The Bertz CT molecular complexity index is 369. The highest BCUT2D eigenvalue weighted by Crippen LogP contribution is 2.34. The van der Waals surface area contributed by atoms with Crippen molar-refractivity contribution in [3.05, 3.63) is 29.3 Å². The van der Waals surface area contributed by atoms with Gasteiger partial charge in [-0.2, -0.15) is 0 Å². The molecule has 0 saturated heterocycles. The van der Waals surface area contributed by atoms with Crippen LogP contribution in [-0.2, 0) is 0 Å². The lowest BCUT2D eigenvalue weighted by atomic mass is 9.81. The fourth-order valence-electron chi connectivity index (χ4n) is 2.81. The third-order valence-corrected chi connectivity index (χ3v) is 3.97. The van der Waals surface area contributed by atoms with Crippen LogP contribution in [0.2, 0.25) is 0 Å². The molecule has 0 amide bonds. The molecule has 2 heteroatoms. The van der Waals surface area contributed by atoms with Gasteiger partial charge in [0.05, 0.1) is 7.11 Å². The fraction of sp³-hybridized carbons (Fsp3) is 0.600. The molecule has 1 aromatic carbocycles. The molecule has 0 aliphatic heterocycles. The number of aryl methyl sites for hydroxylation is 1. The Morgan fingerprint density at radius 1 is 1.24 bits per heavy atom. The minimum absolute atomic E-state index is 0.171. The summed E-state index contributed by atoms with van der Waals surface area (Å²) in [5.41, 5.74) is 8.78. The van der Waals surface area contributed by atoms with Gasteiger partial charge < -0.3 is 10.5 Å². The second-order valence-corrected chi connectivity index (χ2v) is 5.15. The molecule has 2 rings (SSSR count). The van der Waals surface area contributed by atoms with E-state index in [1.807, 2.05) is 0 Å². The van der Waals surface area contributed by atoms with Gasteiger partial charge in [0, 0.05) is 6.04 Å². The molecule has 2 nitrogen and oxygen atoms in total.